The van der Waals surface area contributed by atoms with Gasteiger partial charge in [0.1, 0.15) is 5.75 Å². The largest absolute Gasteiger partial charge is 0.497 e. The smallest absolute Gasteiger partial charge is 0.310 e. The molecule has 0 radical (unpaired) electrons. The van der Waals surface area contributed by atoms with Crippen molar-refractivity contribution >= 4 is 17.0 Å². The van der Waals surface area contributed by atoms with Gasteiger partial charge in [0.2, 0.25) is 0 Å². The SMILES string of the molecule is COC(=O)[C@@H](Cc1ccc(OC)cc1)[C@@H](C)NS(=O)C(C)(C)C. The van der Waals surface area contributed by atoms with Crippen molar-refractivity contribution in [2.75, 3.05) is 14.2 Å². The fourth-order valence-electron chi connectivity index (χ4n) is 2.06. The number of ether oxygens (including phenoxy) is 2. The first kappa shape index (κ1) is 19.6. The van der Waals surface area contributed by atoms with Gasteiger partial charge < -0.3 is 9.47 Å². The molecule has 0 saturated carbocycles. The Morgan fingerprint density at radius 1 is 1.22 bits per heavy atom. The van der Waals surface area contributed by atoms with E-state index in [4.69, 9.17) is 9.47 Å². The highest BCUT2D eigenvalue weighted by Crippen LogP contribution is 2.19. The third-order valence-electron chi connectivity index (χ3n) is 3.57. The molecule has 1 aromatic carbocycles. The number of benzene rings is 1. The number of carbonyl (C=O) groups excluding carboxylic acids is 1. The Labute approximate surface area is 141 Å². The van der Waals surface area contributed by atoms with E-state index in [9.17, 15) is 9.00 Å². The minimum absolute atomic E-state index is 0.274. The number of rotatable bonds is 7. The van der Waals surface area contributed by atoms with E-state index in [1.165, 1.54) is 7.11 Å². The summed E-state index contributed by atoms with van der Waals surface area (Å²) in [5, 5.41) is 0. The molecule has 5 nitrogen and oxygen atoms in total. The number of hydrogen-bond acceptors (Lipinski definition) is 4. The molecule has 0 amide bonds. The molecule has 0 aliphatic carbocycles. The van der Waals surface area contributed by atoms with Crippen LogP contribution in [0.1, 0.15) is 33.3 Å². The van der Waals surface area contributed by atoms with E-state index in [1.54, 1.807) is 7.11 Å². The summed E-state index contributed by atoms with van der Waals surface area (Å²) in [6.45, 7) is 7.52. The zero-order valence-corrected chi connectivity index (χ0v) is 15.5. The van der Waals surface area contributed by atoms with Crippen molar-refractivity contribution < 1.29 is 18.5 Å². The summed E-state index contributed by atoms with van der Waals surface area (Å²) < 4.78 is 24.9. The van der Waals surface area contributed by atoms with E-state index in [1.807, 2.05) is 52.0 Å². The molecule has 1 unspecified atom stereocenters. The summed E-state index contributed by atoms with van der Waals surface area (Å²) in [6, 6.07) is 7.28. The summed E-state index contributed by atoms with van der Waals surface area (Å²) in [6.07, 6.45) is 0.506. The maximum absolute atomic E-state index is 12.3. The van der Waals surface area contributed by atoms with Crippen LogP contribution < -0.4 is 9.46 Å². The van der Waals surface area contributed by atoms with Crippen molar-refractivity contribution in [1.29, 1.82) is 0 Å². The summed E-state index contributed by atoms with van der Waals surface area (Å²) in [5.41, 5.74) is 0.997. The second kappa shape index (κ2) is 8.45. The van der Waals surface area contributed by atoms with Crippen molar-refractivity contribution in [3.05, 3.63) is 29.8 Å². The first-order valence-electron chi connectivity index (χ1n) is 7.57. The topological polar surface area (TPSA) is 64.6 Å². The third-order valence-corrected chi connectivity index (χ3v) is 5.27. The van der Waals surface area contributed by atoms with E-state index in [-0.39, 0.29) is 12.0 Å². The van der Waals surface area contributed by atoms with Crippen LogP contribution in [0.3, 0.4) is 0 Å². The van der Waals surface area contributed by atoms with E-state index >= 15 is 0 Å². The highest BCUT2D eigenvalue weighted by molar-refractivity contribution is 7.84. The fraction of sp³-hybridized carbons (Fsp3) is 0.588. The molecule has 23 heavy (non-hydrogen) atoms. The molecule has 0 aliphatic heterocycles. The van der Waals surface area contributed by atoms with Crippen LogP contribution in [-0.4, -0.2) is 35.2 Å². The molecule has 3 atom stereocenters. The molecule has 6 heteroatoms. The summed E-state index contributed by atoms with van der Waals surface area (Å²) >= 11 is 0. The lowest BCUT2D eigenvalue weighted by atomic mass is 9.93. The summed E-state index contributed by atoms with van der Waals surface area (Å²) in [4.78, 5) is 12.1. The van der Waals surface area contributed by atoms with Crippen molar-refractivity contribution in [1.82, 2.24) is 4.72 Å². The molecule has 0 spiro atoms. The Morgan fingerprint density at radius 2 is 1.78 bits per heavy atom. The highest BCUT2D eigenvalue weighted by atomic mass is 32.2. The average molecular weight is 341 g/mol. The second-order valence-electron chi connectivity index (χ2n) is 6.47. The maximum atomic E-state index is 12.3. The maximum Gasteiger partial charge on any atom is 0.310 e. The van der Waals surface area contributed by atoms with Crippen molar-refractivity contribution in [3.8, 4) is 5.75 Å². The predicted octanol–water partition coefficient (Wildman–Crippen LogP) is 2.47. The molecule has 0 fully saturated rings. The van der Waals surface area contributed by atoms with Crippen LogP contribution in [0.4, 0.5) is 0 Å². The molecule has 1 rings (SSSR count). The third kappa shape index (κ3) is 5.95. The van der Waals surface area contributed by atoms with Gasteiger partial charge in [0.15, 0.2) is 0 Å². The van der Waals surface area contributed by atoms with Gasteiger partial charge in [0.25, 0.3) is 0 Å². The van der Waals surface area contributed by atoms with Gasteiger partial charge in [-0.05, 0) is 51.8 Å². The minimum atomic E-state index is -1.25. The van der Waals surface area contributed by atoms with Gasteiger partial charge in [-0.1, -0.05) is 12.1 Å². The minimum Gasteiger partial charge on any atom is -0.497 e. The average Bonchev–Trinajstić information content (AvgIpc) is 2.51. The van der Waals surface area contributed by atoms with Gasteiger partial charge in [-0.2, -0.15) is 0 Å². The lowest BCUT2D eigenvalue weighted by Gasteiger charge is -2.26. The monoisotopic (exact) mass is 341 g/mol. The molecular weight excluding hydrogens is 314 g/mol. The standard InChI is InChI=1S/C17H27NO4S/c1-12(18-23(20)17(2,3)4)15(16(19)22-6)11-13-7-9-14(21-5)10-8-13/h7-10,12,15,18H,11H2,1-6H3/t12-,15+,23?/m1/s1. The highest BCUT2D eigenvalue weighted by Gasteiger charge is 2.30. The molecule has 1 N–H and O–H groups in total. The zero-order chi connectivity index (χ0) is 17.6. The first-order chi connectivity index (χ1) is 10.7. The lowest BCUT2D eigenvalue weighted by Crippen LogP contribution is -2.45. The van der Waals surface area contributed by atoms with Crippen molar-refractivity contribution in [2.45, 2.75) is 44.9 Å². The van der Waals surface area contributed by atoms with Crippen molar-refractivity contribution in [2.24, 2.45) is 5.92 Å². The first-order valence-corrected chi connectivity index (χ1v) is 8.72. The zero-order valence-electron chi connectivity index (χ0n) is 14.7. The van der Waals surface area contributed by atoms with E-state index in [0.29, 0.717) is 6.42 Å². The van der Waals surface area contributed by atoms with Gasteiger partial charge in [-0.25, -0.2) is 8.93 Å². The molecular formula is C17H27NO4S. The molecule has 0 heterocycles. The molecule has 0 aromatic heterocycles. The molecule has 0 bridgehead atoms. The number of esters is 1. The summed E-state index contributed by atoms with van der Waals surface area (Å²) in [7, 11) is 1.74. The normalized spacial score (nSPS) is 15.6. The van der Waals surface area contributed by atoms with Gasteiger partial charge in [-0.15, -0.1) is 0 Å². The Kier molecular flexibility index (Phi) is 7.22. The number of nitrogens with one attached hydrogen (secondary N) is 1. The van der Waals surface area contributed by atoms with Crippen LogP contribution in [-0.2, 0) is 26.9 Å². The van der Waals surface area contributed by atoms with Crippen molar-refractivity contribution in [3.63, 3.8) is 0 Å². The molecule has 130 valence electrons. The summed E-state index contributed by atoms with van der Waals surface area (Å²) in [5.74, 6) is 0.0369. The van der Waals surface area contributed by atoms with Crippen LogP contribution in [0.5, 0.6) is 5.75 Å². The van der Waals surface area contributed by atoms with E-state index in [2.05, 4.69) is 4.72 Å². The van der Waals surface area contributed by atoms with Gasteiger partial charge in [0.05, 0.1) is 35.9 Å². The Balaban J connectivity index is 2.86. The second-order valence-corrected chi connectivity index (χ2v) is 8.47. The fourth-order valence-corrected chi connectivity index (χ4v) is 2.91. The van der Waals surface area contributed by atoms with Gasteiger partial charge in [0, 0.05) is 6.04 Å². The van der Waals surface area contributed by atoms with Crippen LogP contribution in [0.2, 0.25) is 0 Å². The van der Waals surface area contributed by atoms with Gasteiger partial charge >= 0.3 is 5.97 Å². The number of methoxy groups -OCH3 is 2. The Bertz CT molecular complexity index is 537. The Morgan fingerprint density at radius 3 is 2.22 bits per heavy atom. The number of hydrogen-bond donors (Lipinski definition) is 1. The molecule has 0 aliphatic rings. The van der Waals surface area contributed by atoms with Crippen LogP contribution in [0.25, 0.3) is 0 Å². The molecule has 0 saturated heterocycles. The van der Waals surface area contributed by atoms with E-state index < -0.39 is 21.7 Å². The lowest BCUT2D eigenvalue weighted by molar-refractivity contribution is -0.146. The van der Waals surface area contributed by atoms with Crippen LogP contribution in [0, 0.1) is 5.92 Å². The predicted molar refractivity (Wildman–Crippen MR) is 92.7 cm³/mol. The number of carbonyl (C=O) groups is 1. The van der Waals surface area contributed by atoms with E-state index in [0.717, 1.165) is 11.3 Å². The molecule has 1 aromatic rings. The Hall–Kier alpha value is -1.40. The van der Waals surface area contributed by atoms with Gasteiger partial charge in [-0.3, -0.25) is 4.79 Å². The van der Waals surface area contributed by atoms with Crippen LogP contribution >= 0.6 is 0 Å². The quantitative estimate of drug-likeness (QED) is 0.774. The van der Waals surface area contributed by atoms with Crippen LogP contribution in [0.15, 0.2) is 24.3 Å².